The number of hydrogen-bond donors (Lipinski definition) is 0. The smallest absolute Gasteiger partial charge is 0.354 e. The molecule has 0 aliphatic carbocycles. The topological polar surface area (TPSA) is 55.7 Å². The van der Waals surface area contributed by atoms with Gasteiger partial charge in [0.25, 0.3) is 5.91 Å². The number of nitrogens with zero attached hydrogens (tertiary/aromatic N) is 1. The number of carbonyl (C=O) groups is 2. The molecular formula is C7H6ClNO3. The van der Waals surface area contributed by atoms with Crippen LogP contribution in [0, 0.1) is 0 Å². The maximum atomic E-state index is 10.9. The van der Waals surface area contributed by atoms with Gasteiger partial charge in [0.05, 0.1) is 7.11 Å². The minimum Gasteiger partial charge on any atom is -0.464 e. The van der Waals surface area contributed by atoms with Crippen molar-refractivity contribution < 1.29 is 14.3 Å². The van der Waals surface area contributed by atoms with Gasteiger partial charge < -0.3 is 4.74 Å². The lowest BCUT2D eigenvalue weighted by molar-refractivity contribution is -0.133. The first-order valence-corrected chi connectivity index (χ1v) is 3.62. The molecule has 0 N–H and O–H groups in total. The van der Waals surface area contributed by atoms with Crippen molar-refractivity contribution in [1.29, 1.82) is 0 Å². The molecular weight excluding hydrogens is 182 g/mol. The highest BCUT2D eigenvalue weighted by molar-refractivity contribution is 6.52. The standard InChI is InChI=1S/C7H6ClNO3/c1-12-7(11)6-4(8)2-3-5(10)9-6/h2-4H,1H3. The normalized spacial score (nSPS) is 22.0. The molecule has 0 aromatic heterocycles. The van der Waals surface area contributed by atoms with E-state index in [1.54, 1.807) is 0 Å². The van der Waals surface area contributed by atoms with Gasteiger partial charge in [-0.3, -0.25) is 4.79 Å². The van der Waals surface area contributed by atoms with Crippen LogP contribution >= 0.6 is 11.6 Å². The number of allylic oxidation sites excluding steroid dienone is 1. The first-order chi connectivity index (χ1) is 5.65. The zero-order valence-electron chi connectivity index (χ0n) is 6.28. The summed E-state index contributed by atoms with van der Waals surface area (Å²) in [6, 6.07) is 0. The van der Waals surface area contributed by atoms with Crippen LogP contribution in [0.25, 0.3) is 0 Å². The largest absolute Gasteiger partial charge is 0.464 e. The van der Waals surface area contributed by atoms with E-state index < -0.39 is 17.3 Å². The molecule has 0 spiro atoms. The van der Waals surface area contributed by atoms with Crippen molar-refractivity contribution in [3.8, 4) is 0 Å². The van der Waals surface area contributed by atoms with Crippen molar-refractivity contribution in [2.24, 2.45) is 4.99 Å². The van der Waals surface area contributed by atoms with Crippen LogP contribution in [0.5, 0.6) is 0 Å². The van der Waals surface area contributed by atoms with Crippen molar-refractivity contribution in [2.75, 3.05) is 7.11 Å². The minimum absolute atomic E-state index is 0.0633. The average molecular weight is 188 g/mol. The van der Waals surface area contributed by atoms with Crippen LogP contribution in [0.15, 0.2) is 17.1 Å². The molecule has 0 saturated heterocycles. The Morgan fingerprint density at radius 3 is 3.00 bits per heavy atom. The number of esters is 1. The van der Waals surface area contributed by atoms with Crippen LogP contribution < -0.4 is 0 Å². The summed E-state index contributed by atoms with van der Waals surface area (Å²) in [7, 11) is 1.21. The fourth-order valence-electron chi connectivity index (χ4n) is 0.738. The van der Waals surface area contributed by atoms with Crippen LogP contribution in [-0.4, -0.2) is 30.1 Å². The Labute approximate surface area is 73.9 Å². The maximum Gasteiger partial charge on any atom is 0.354 e. The van der Waals surface area contributed by atoms with Crippen LogP contribution in [0.3, 0.4) is 0 Å². The van der Waals surface area contributed by atoms with E-state index >= 15 is 0 Å². The number of halogens is 1. The average Bonchev–Trinajstić information content (AvgIpc) is 2.08. The van der Waals surface area contributed by atoms with Crippen LogP contribution in [-0.2, 0) is 14.3 Å². The maximum absolute atomic E-state index is 10.9. The number of alkyl halides is 1. The second kappa shape index (κ2) is 3.49. The summed E-state index contributed by atoms with van der Waals surface area (Å²) in [6.45, 7) is 0. The third-order valence-electron chi connectivity index (χ3n) is 1.29. The summed E-state index contributed by atoms with van der Waals surface area (Å²) in [4.78, 5) is 25.0. The van der Waals surface area contributed by atoms with Crippen molar-refractivity contribution >= 4 is 29.2 Å². The number of dihydropyridines is 1. The van der Waals surface area contributed by atoms with Crippen LogP contribution in [0.4, 0.5) is 0 Å². The first kappa shape index (κ1) is 8.93. The SMILES string of the molecule is COC(=O)C1=NC(=O)C=CC1Cl. The van der Waals surface area contributed by atoms with Gasteiger partial charge in [0.15, 0.2) is 5.71 Å². The van der Waals surface area contributed by atoms with E-state index in [0.717, 1.165) is 0 Å². The molecule has 1 unspecified atom stereocenters. The van der Waals surface area contributed by atoms with Crippen molar-refractivity contribution in [2.45, 2.75) is 5.38 Å². The number of hydrogen-bond acceptors (Lipinski definition) is 3. The molecule has 64 valence electrons. The van der Waals surface area contributed by atoms with Crippen LogP contribution in [0.1, 0.15) is 0 Å². The highest BCUT2D eigenvalue weighted by Crippen LogP contribution is 2.08. The van der Waals surface area contributed by atoms with E-state index in [4.69, 9.17) is 11.6 Å². The summed E-state index contributed by atoms with van der Waals surface area (Å²) in [5.74, 6) is -1.17. The van der Waals surface area contributed by atoms with E-state index in [0.29, 0.717) is 0 Å². The number of ether oxygens (including phenoxy) is 1. The molecule has 1 atom stereocenters. The van der Waals surface area contributed by atoms with Crippen molar-refractivity contribution in [3.63, 3.8) is 0 Å². The number of methoxy groups -OCH3 is 1. The minimum atomic E-state index is -0.673. The first-order valence-electron chi connectivity index (χ1n) is 3.18. The molecule has 1 rings (SSSR count). The fraction of sp³-hybridized carbons (Fsp3) is 0.286. The molecule has 0 aromatic carbocycles. The molecule has 5 heteroatoms. The van der Waals surface area contributed by atoms with Gasteiger partial charge in [0.1, 0.15) is 5.38 Å². The Morgan fingerprint density at radius 1 is 1.75 bits per heavy atom. The van der Waals surface area contributed by atoms with E-state index in [1.807, 2.05) is 0 Å². The summed E-state index contributed by atoms with van der Waals surface area (Å²) in [5, 5.41) is -0.671. The summed E-state index contributed by atoms with van der Waals surface area (Å²) in [6.07, 6.45) is 2.60. The highest BCUT2D eigenvalue weighted by Gasteiger charge is 2.23. The van der Waals surface area contributed by atoms with Crippen molar-refractivity contribution in [1.82, 2.24) is 0 Å². The second-order valence-corrected chi connectivity index (χ2v) is 2.56. The Hall–Kier alpha value is -1.16. The van der Waals surface area contributed by atoms with Gasteiger partial charge in [-0.1, -0.05) is 6.08 Å². The van der Waals surface area contributed by atoms with Gasteiger partial charge in [0.2, 0.25) is 0 Å². The Balaban J connectivity index is 2.88. The van der Waals surface area contributed by atoms with Gasteiger partial charge in [0, 0.05) is 6.08 Å². The lowest BCUT2D eigenvalue weighted by Crippen LogP contribution is -2.27. The molecule has 4 nitrogen and oxygen atoms in total. The number of amides is 1. The predicted molar refractivity (Wildman–Crippen MR) is 43.2 cm³/mol. The van der Waals surface area contributed by atoms with Gasteiger partial charge in [-0.25, -0.2) is 9.79 Å². The molecule has 1 heterocycles. The summed E-state index contributed by atoms with van der Waals surface area (Å²) in [5.41, 5.74) is -0.0633. The quantitative estimate of drug-likeness (QED) is 0.438. The third-order valence-corrected chi connectivity index (χ3v) is 1.65. The van der Waals surface area contributed by atoms with E-state index in [1.165, 1.54) is 19.3 Å². The molecule has 12 heavy (non-hydrogen) atoms. The molecule has 0 fully saturated rings. The zero-order valence-corrected chi connectivity index (χ0v) is 7.04. The fourth-order valence-corrected chi connectivity index (χ4v) is 0.949. The Bertz CT molecular complexity index is 282. The number of carbonyl (C=O) groups excluding carboxylic acids is 2. The lowest BCUT2D eigenvalue weighted by Gasteiger charge is -2.08. The van der Waals surface area contributed by atoms with Crippen molar-refractivity contribution in [3.05, 3.63) is 12.2 Å². The molecule has 0 aromatic rings. The third kappa shape index (κ3) is 1.71. The molecule has 1 aliphatic rings. The molecule has 1 amide bonds. The Morgan fingerprint density at radius 2 is 2.42 bits per heavy atom. The number of aliphatic imine (C=N–C) groups is 1. The second-order valence-electron chi connectivity index (χ2n) is 2.09. The molecule has 0 radical (unpaired) electrons. The summed E-state index contributed by atoms with van der Waals surface area (Å²) < 4.78 is 4.37. The Kier molecular flexibility index (Phi) is 2.60. The van der Waals surface area contributed by atoms with E-state index in [9.17, 15) is 9.59 Å². The molecule has 0 bridgehead atoms. The highest BCUT2D eigenvalue weighted by atomic mass is 35.5. The van der Waals surface area contributed by atoms with Crippen LogP contribution in [0.2, 0.25) is 0 Å². The van der Waals surface area contributed by atoms with Gasteiger partial charge in [-0.05, 0) is 0 Å². The summed E-state index contributed by atoms with van der Waals surface area (Å²) >= 11 is 5.65. The monoisotopic (exact) mass is 187 g/mol. The van der Waals surface area contributed by atoms with Gasteiger partial charge >= 0.3 is 5.97 Å². The lowest BCUT2D eigenvalue weighted by atomic mass is 10.2. The molecule has 0 saturated carbocycles. The molecule has 1 aliphatic heterocycles. The predicted octanol–water partition coefficient (Wildman–Crippen LogP) is 0.304. The van der Waals surface area contributed by atoms with E-state index in [-0.39, 0.29) is 5.71 Å². The zero-order chi connectivity index (χ0) is 9.14. The number of rotatable bonds is 1. The van der Waals surface area contributed by atoms with E-state index in [2.05, 4.69) is 9.73 Å². The van der Waals surface area contributed by atoms with Gasteiger partial charge in [-0.15, -0.1) is 11.6 Å². The van der Waals surface area contributed by atoms with Gasteiger partial charge in [-0.2, -0.15) is 0 Å².